The molecule has 0 bridgehead atoms. The van der Waals surface area contributed by atoms with Gasteiger partial charge in [-0.15, -0.1) is 0 Å². The Balaban J connectivity index is 2.46. The zero-order chi connectivity index (χ0) is 16.8. The third-order valence-electron chi connectivity index (χ3n) is 3.25. The van der Waals surface area contributed by atoms with E-state index in [1.807, 2.05) is 0 Å². The minimum absolute atomic E-state index is 0.00930. The van der Waals surface area contributed by atoms with Crippen molar-refractivity contribution in [2.45, 2.75) is 45.6 Å². The van der Waals surface area contributed by atoms with E-state index in [2.05, 4.69) is 0 Å². The molecule has 1 aliphatic rings. The summed E-state index contributed by atoms with van der Waals surface area (Å²) in [6.45, 7) is 7.17. The van der Waals surface area contributed by atoms with Crippen molar-refractivity contribution in [3.63, 3.8) is 0 Å². The molecule has 0 aromatic carbocycles. The van der Waals surface area contributed by atoms with Crippen molar-refractivity contribution in [3.8, 4) is 0 Å². The highest BCUT2D eigenvalue weighted by molar-refractivity contribution is 5.82. The van der Waals surface area contributed by atoms with Crippen LogP contribution in [0, 0.1) is 5.92 Å². The first-order valence-corrected chi connectivity index (χ1v) is 7.49. The SMILES string of the molecule is CC(C)(C)OC(=O)CC[C@H](CC(=O)N1CCOCC1)C(=O)O. The number of esters is 1. The Bertz CT molecular complexity index is 409. The van der Waals surface area contributed by atoms with Crippen LogP contribution in [-0.2, 0) is 23.9 Å². The van der Waals surface area contributed by atoms with Gasteiger partial charge in [-0.1, -0.05) is 0 Å². The lowest BCUT2D eigenvalue weighted by Gasteiger charge is -2.28. The summed E-state index contributed by atoms with van der Waals surface area (Å²) in [6, 6.07) is 0. The lowest BCUT2D eigenvalue weighted by molar-refractivity contribution is -0.156. The van der Waals surface area contributed by atoms with E-state index in [-0.39, 0.29) is 25.2 Å². The van der Waals surface area contributed by atoms with Gasteiger partial charge in [-0.25, -0.2) is 0 Å². The van der Waals surface area contributed by atoms with E-state index in [1.165, 1.54) is 0 Å². The summed E-state index contributed by atoms with van der Waals surface area (Å²) in [7, 11) is 0. The second-order valence-electron chi connectivity index (χ2n) is 6.36. The molecule has 0 spiro atoms. The van der Waals surface area contributed by atoms with Gasteiger partial charge in [-0.05, 0) is 27.2 Å². The van der Waals surface area contributed by atoms with Crippen LogP contribution in [0.15, 0.2) is 0 Å². The quantitative estimate of drug-likeness (QED) is 0.737. The molecule has 7 nitrogen and oxygen atoms in total. The zero-order valence-electron chi connectivity index (χ0n) is 13.5. The van der Waals surface area contributed by atoms with Crippen LogP contribution in [-0.4, -0.2) is 59.8 Å². The maximum atomic E-state index is 12.1. The number of morpholine rings is 1. The van der Waals surface area contributed by atoms with Gasteiger partial charge in [0.25, 0.3) is 0 Å². The van der Waals surface area contributed by atoms with E-state index < -0.39 is 23.5 Å². The van der Waals surface area contributed by atoms with Crippen molar-refractivity contribution >= 4 is 17.8 Å². The minimum atomic E-state index is -1.06. The second-order valence-corrected chi connectivity index (χ2v) is 6.36. The molecule has 0 unspecified atom stereocenters. The summed E-state index contributed by atoms with van der Waals surface area (Å²) < 4.78 is 10.3. The van der Waals surface area contributed by atoms with Crippen molar-refractivity contribution in [2.75, 3.05) is 26.3 Å². The first-order valence-electron chi connectivity index (χ1n) is 7.49. The molecule has 7 heteroatoms. The zero-order valence-corrected chi connectivity index (χ0v) is 13.5. The topological polar surface area (TPSA) is 93.1 Å². The van der Waals surface area contributed by atoms with E-state index >= 15 is 0 Å². The number of carboxylic acid groups (broad SMARTS) is 1. The number of carbonyl (C=O) groups is 3. The summed E-state index contributed by atoms with van der Waals surface area (Å²) in [5, 5.41) is 9.22. The van der Waals surface area contributed by atoms with Gasteiger partial charge in [-0.2, -0.15) is 0 Å². The maximum absolute atomic E-state index is 12.1. The fourth-order valence-electron chi connectivity index (χ4n) is 2.15. The molecule has 1 heterocycles. The summed E-state index contributed by atoms with van der Waals surface area (Å²) in [6.07, 6.45) is -0.0108. The van der Waals surface area contributed by atoms with Gasteiger partial charge in [0.05, 0.1) is 19.1 Å². The van der Waals surface area contributed by atoms with Crippen molar-refractivity contribution in [1.29, 1.82) is 0 Å². The van der Waals surface area contributed by atoms with Gasteiger partial charge < -0.3 is 19.5 Å². The van der Waals surface area contributed by atoms with Crippen molar-refractivity contribution in [1.82, 2.24) is 4.90 Å². The summed E-state index contributed by atoms with van der Waals surface area (Å²) in [5.74, 6) is -2.59. The van der Waals surface area contributed by atoms with Crippen LogP contribution in [0.4, 0.5) is 0 Å². The maximum Gasteiger partial charge on any atom is 0.307 e. The molecule has 0 aromatic heterocycles. The Hall–Kier alpha value is -1.63. The molecule has 1 amide bonds. The fourth-order valence-corrected chi connectivity index (χ4v) is 2.15. The molecule has 22 heavy (non-hydrogen) atoms. The van der Waals surface area contributed by atoms with Crippen LogP contribution < -0.4 is 0 Å². The largest absolute Gasteiger partial charge is 0.481 e. The van der Waals surface area contributed by atoms with E-state index in [4.69, 9.17) is 9.47 Å². The number of carbonyl (C=O) groups excluding carboxylic acids is 2. The average Bonchev–Trinajstić information content (AvgIpc) is 2.41. The van der Waals surface area contributed by atoms with Crippen molar-refractivity contribution in [2.24, 2.45) is 5.92 Å². The molecular weight excluding hydrogens is 290 g/mol. The Morgan fingerprint density at radius 1 is 1.23 bits per heavy atom. The number of carboxylic acids is 1. The van der Waals surface area contributed by atoms with Crippen molar-refractivity contribution < 1.29 is 29.0 Å². The number of rotatable bonds is 6. The van der Waals surface area contributed by atoms with Crippen LogP contribution in [0.5, 0.6) is 0 Å². The fraction of sp³-hybridized carbons (Fsp3) is 0.800. The van der Waals surface area contributed by atoms with Crippen LogP contribution in [0.2, 0.25) is 0 Å². The monoisotopic (exact) mass is 315 g/mol. The summed E-state index contributed by atoms with van der Waals surface area (Å²) in [5.41, 5.74) is -0.598. The standard InChI is InChI=1S/C15H25NO6/c1-15(2,3)22-13(18)5-4-11(14(19)20)10-12(17)16-6-8-21-9-7-16/h11H,4-10H2,1-3H3,(H,19,20)/t11-/m1/s1. The Morgan fingerprint density at radius 2 is 1.82 bits per heavy atom. The first kappa shape index (κ1) is 18.4. The van der Waals surface area contributed by atoms with Crippen molar-refractivity contribution in [3.05, 3.63) is 0 Å². The number of nitrogens with zero attached hydrogens (tertiary/aromatic N) is 1. The molecule has 1 atom stereocenters. The van der Waals surface area contributed by atoms with Gasteiger partial charge in [0.1, 0.15) is 5.60 Å². The van der Waals surface area contributed by atoms with Crippen LogP contribution in [0.3, 0.4) is 0 Å². The Kier molecular flexibility index (Phi) is 6.80. The minimum Gasteiger partial charge on any atom is -0.481 e. The number of amides is 1. The van der Waals surface area contributed by atoms with E-state index in [0.717, 1.165) is 0 Å². The molecule has 0 saturated carbocycles. The van der Waals surface area contributed by atoms with Crippen LogP contribution >= 0.6 is 0 Å². The highest BCUT2D eigenvalue weighted by Gasteiger charge is 2.27. The molecule has 1 fully saturated rings. The van der Waals surface area contributed by atoms with Gasteiger partial charge in [-0.3, -0.25) is 14.4 Å². The molecular formula is C15H25NO6. The predicted molar refractivity (Wildman–Crippen MR) is 78.2 cm³/mol. The molecule has 0 aromatic rings. The third-order valence-corrected chi connectivity index (χ3v) is 3.25. The average molecular weight is 315 g/mol. The first-order chi connectivity index (χ1) is 10.2. The molecule has 0 radical (unpaired) electrons. The van der Waals surface area contributed by atoms with Gasteiger partial charge in [0.15, 0.2) is 0 Å². The van der Waals surface area contributed by atoms with E-state index in [1.54, 1.807) is 25.7 Å². The molecule has 1 saturated heterocycles. The van der Waals surface area contributed by atoms with Gasteiger partial charge >= 0.3 is 11.9 Å². The molecule has 1 N–H and O–H groups in total. The number of hydrogen-bond donors (Lipinski definition) is 1. The molecule has 1 aliphatic heterocycles. The second kappa shape index (κ2) is 8.12. The highest BCUT2D eigenvalue weighted by Crippen LogP contribution is 2.17. The lowest BCUT2D eigenvalue weighted by atomic mass is 9.98. The van der Waals surface area contributed by atoms with Crippen LogP contribution in [0.1, 0.15) is 40.0 Å². The summed E-state index contributed by atoms with van der Waals surface area (Å²) >= 11 is 0. The summed E-state index contributed by atoms with van der Waals surface area (Å²) in [4.78, 5) is 36.6. The van der Waals surface area contributed by atoms with Gasteiger partial charge in [0, 0.05) is 25.9 Å². The normalized spacial score (nSPS) is 17.0. The van der Waals surface area contributed by atoms with E-state index in [0.29, 0.717) is 26.3 Å². The number of aliphatic carboxylic acids is 1. The predicted octanol–water partition coefficient (Wildman–Crippen LogP) is 1.06. The number of hydrogen-bond acceptors (Lipinski definition) is 5. The molecule has 0 aliphatic carbocycles. The highest BCUT2D eigenvalue weighted by atomic mass is 16.6. The molecule has 1 rings (SSSR count). The molecule has 126 valence electrons. The number of ether oxygens (including phenoxy) is 2. The smallest absolute Gasteiger partial charge is 0.307 e. The third kappa shape index (κ3) is 6.89. The van der Waals surface area contributed by atoms with Gasteiger partial charge in [0.2, 0.25) is 5.91 Å². The van der Waals surface area contributed by atoms with E-state index in [9.17, 15) is 19.5 Å². The lowest BCUT2D eigenvalue weighted by Crippen LogP contribution is -2.42. The Labute approximate surface area is 130 Å². The van der Waals surface area contributed by atoms with Crippen LogP contribution in [0.25, 0.3) is 0 Å². The Morgan fingerprint density at radius 3 is 2.32 bits per heavy atom.